The van der Waals surface area contributed by atoms with Crippen LogP contribution in [0.25, 0.3) is 6.08 Å². The first-order valence-corrected chi connectivity index (χ1v) is 5.03. The van der Waals surface area contributed by atoms with Crippen LogP contribution >= 0.6 is 0 Å². The van der Waals surface area contributed by atoms with E-state index in [0.29, 0.717) is 23.7 Å². The fraction of sp³-hybridized carbons (Fsp3) is 0.417. The van der Waals surface area contributed by atoms with Gasteiger partial charge in [0.2, 0.25) is 0 Å². The van der Waals surface area contributed by atoms with Gasteiger partial charge < -0.3 is 9.15 Å². The lowest BCUT2D eigenvalue weighted by atomic mass is 10.1. The first-order valence-electron chi connectivity index (χ1n) is 5.03. The van der Waals surface area contributed by atoms with Gasteiger partial charge in [-0.3, -0.25) is 0 Å². The van der Waals surface area contributed by atoms with E-state index in [1.54, 1.807) is 19.1 Å². The van der Waals surface area contributed by atoms with Crippen molar-refractivity contribution >= 4 is 12.0 Å². The van der Waals surface area contributed by atoms with E-state index in [4.69, 9.17) is 9.15 Å². The molecule has 0 saturated heterocycles. The molecule has 1 aromatic rings. The van der Waals surface area contributed by atoms with Crippen molar-refractivity contribution in [2.24, 2.45) is 0 Å². The lowest BCUT2D eigenvalue weighted by Gasteiger charge is -2.04. The average Bonchev–Trinajstić information content (AvgIpc) is 2.61. The van der Waals surface area contributed by atoms with Crippen molar-refractivity contribution < 1.29 is 13.9 Å². The Bertz CT molecular complexity index is 361. The van der Waals surface area contributed by atoms with Gasteiger partial charge >= 0.3 is 5.97 Å². The summed E-state index contributed by atoms with van der Waals surface area (Å²) in [5.74, 6) is 1.07. The molecule has 0 unspecified atom stereocenters. The van der Waals surface area contributed by atoms with Gasteiger partial charge in [-0.1, -0.05) is 20.4 Å². The highest BCUT2D eigenvalue weighted by Crippen LogP contribution is 2.24. The van der Waals surface area contributed by atoms with E-state index in [0.717, 1.165) is 0 Å². The number of carbonyl (C=O) groups excluding carboxylic acids is 1. The summed E-state index contributed by atoms with van der Waals surface area (Å²) in [7, 11) is 0. The van der Waals surface area contributed by atoms with E-state index in [1.807, 2.05) is 13.8 Å². The molecule has 0 bridgehead atoms. The second-order valence-corrected chi connectivity index (χ2v) is 3.51. The molecule has 0 radical (unpaired) electrons. The molecule has 0 aliphatic rings. The second kappa shape index (κ2) is 4.82. The number of ether oxygens (including phenoxy) is 1. The predicted molar refractivity (Wildman–Crippen MR) is 58.8 cm³/mol. The van der Waals surface area contributed by atoms with E-state index in [-0.39, 0.29) is 11.9 Å². The molecule has 1 rings (SSSR count). The molecule has 0 aliphatic carbocycles. The molecular weight excluding hydrogens is 192 g/mol. The van der Waals surface area contributed by atoms with Gasteiger partial charge in [-0.25, -0.2) is 4.79 Å². The molecule has 0 saturated carbocycles. The minimum Gasteiger partial charge on any atom is -0.462 e. The first-order chi connectivity index (χ1) is 7.10. The van der Waals surface area contributed by atoms with Crippen molar-refractivity contribution in [3.05, 3.63) is 29.7 Å². The molecule has 0 atom stereocenters. The highest BCUT2D eigenvalue weighted by molar-refractivity contribution is 5.91. The molecule has 0 aliphatic heterocycles. The average molecular weight is 208 g/mol. The van der Waals surface area contributed by atoms with Gasteiger partial charge in [-0.15, -0.1) is 0 Å². The molecule has 1 aromatic heterocycles. The number of furan rings is 1. The van der Waals surface area contributed by atoms with Crippen LogP contribution in [0.3, 0.4) is 0 Å². The van der Waals surface area contributed by atoms with Crippen molar-refractivity contribution in [2.75, 3.05) is 6.61 Å². The minimum absolute atomic E-state index is 0.151. The van der Waals surface area contributed by atoms with E-state index < -0.39 is 0 Å². The molecule has 15 heavy (non-hydrogen) atoms. The monoisotopic (exact) mass is 208 g/mol. The normalized spacial score (nSPS) is 10.4. The smallest absolute Gasteiger partial charge is 0.341 e. The van der Waals surface area contributed by atoms with Crippen LogP contribution in [0.15, 0.2) is 17.1 Å². The third-order valence-electron chi connectivity index (χ3n) is 2.00. The van der Waals surface area contributed by atoms with Crippen LogP contribution in [-0.4, -0.2) is 12.6 Å². The van der Waals surface area contributed by atoms with Crippen LogP contribution in [0.5, 0.6) is 0 Å². The summed E-state index contributed by atoms with van der Waals surface area (Å²) in [5, 5.41) is 0. The number of carbonyl (C=O) groups is 1. The molecule has 0 N–H and O–H groups in total. The van der Waals surface area contributed by atoms with Gasteiger partial charge in [-0.2, -0.15) is 0 Å². The Hall–Kier alpha value is -1.51. The molecule has 3 nitrogen and oxygen atoms in total. The van der Waals surface area contributed by atoms with Crippen LogP contribution in [0, 0.1) is 0 Å². The van der Waals surface area contributed by atoms with Crippen LogP contribution in [0.2, 0.25) is 0 Å². The molecule has 0 amide bonds. The molecule has 3 heteroatoms. The topological polar surface area (TPSA) is 39.4 Å². The van der Waals surface area contributed by atoms with Crippen LogP contribution in [0.1, 0.15) is 48.6 Å². The third kappa shape index (κ3) is 2.49. The Morgan fingerprint density at radius 1 is 1.67 bits per heavy atom. The summed E-state index contributed by atoms with van der Waals surface area (Å²) in [4.78, 5) is 11.6. The van der Waals surface area contributed by atoms with Gasteiger partial charge in [-0.05, 0) is 19.1 Å². The van der Waals surface area contributed by atoms with E-state index in [2.05, 4.69) is 6.58 Å². The quantitative estimate of drug-likeness (QED) is 0.713. The Balaban J connectivity index is 3.08. The molecule has 0 spiro atoms. The van der Waals surface area contributed by atoms with E-state index in [9.17, 15) is 4.79 Å². The van der Waals surface area contributed by atoms with Crippen LogP contribution in [-0.2, 0) is 4.74 Å². The highest BCUT2D eigenvalue weighted by Gasteiger charge is 2.20. The summed E-state index contributed by atoms with van der Waals surface area (Å²) in [5.41, 5.74) is 0.502. The largest absolute Gasteiger partial charge is 0.462 e. The Labute approximate surface area is 89.7 Å². The van der Waals surface area contributed by atoms with Gasteiger partial charge in [0.05, 0.1) is 6.61 Å². The zero-order chi connectivity index (χ0) is 11.4. The second-order valence-electron chi connectivity index (χ2n) is 3.51. The van der Waals surface area contributed by atoms with Crippen molar-refractivity contribution in [1.29, 1.82) is 0 Å². The summed E-state index contributed by atoms with van der Waals surface area (Å²) in [6.07, 6.45) is 1.58. The van der Waals surface area contributed by atoms with Crippen molar-refractivity contribution in [1.82, 2.24) is 0 Å². The van der Waals surface area contributed by atoms with Gasteiger partial charge in [0.25, 0.3) is 0 Å². The van der Waals surface area contributed by atoms with Gasteiger partial charge in [0, 0.05) is 5.92 Å². The fourth-order valence-corrected chi connectivity index (χ4v) is 1.32. The number of hydrogen-bond acceptors (Lipinski definition) is 3. The van der Waals surface area contributed by atoms with Gasteiger partial charge in [0.1, 0.15) is 17.1 Å². The lowest BCUT2D eigenvalue weighted by Crippen LogP contribution is -2.06. The zero-order valence-electron chi connectivity index (χ0n) is 9.37. The van der Waals surface area contributed by atoms with Gasteiger partial charge in [0.15, 0.2) is 0 Å². The maximum absolute atomic E-state index is 11.6. The standard InChI is InChI=1S/C12H16O3/c1-5-9-7-10(12(13)14-6-2)11(15-9)8(3)4/h5,7-8H,1,6H2,2-4H3. The van der Waals surface area contributed by atoms with Crippen LogP contribution in [0.4, 0.5) is 0 Å². The molecule has 82 valence electrons. The predicted octanol–water partition coefficient (Wildman–Crippen LogP) is 3.22. The summed E-state index contributed by atoms with van der Waals surface area (Å²) in [6, 6.07) is 1.67. The maximum atomic E-state index is 11.6. The zero-order valence-corrected chi connectivity index (χ0v) is 9.37. The molecule has 0 aromatic carbocycles. The lowest BCUT2D eigenvalue weighted by molar-refractivity contribution is 0.0523. The first kappa shape index (κ1) is 11.6. The molecule has 1 heterocycles. The minimum atomic E-state index is -0.335. The SMILES string of the molecule is C=Cc1cc(C(=O)OCC)c(C(C)C)o1. The number of esters is 1. The Morgan fingerprint density at radius 2 is 2.33 bits per heavy atom. The third-order valence-corrected chi connectivity index (χ3v) is 2.00. The van der Waals surface area contributed by atoms with Crippen molar-refractivity contribution in [3.8, 4) is 0 Å². The summed E-state index contributed by atoms with van der Waals surface area (Å²) < 4.78 is 10.4. The van der Waals surface area contributed by atoms with Crippen molar-refractivity contribution in [3.63, 3.8) is 0 Å². The van der Waals surface area contributed by atoms with E-state index >= 15 is 0 Å². The number of hydrogen-bond donors (Lipinski definition) is 0. The highest BCUT2D eigenvalue weighted by atomic mass is 16.5. The van der Waals surface area contributed by atoms with Crippen LogP contribution < -0.4 is 0 Å². The van der Waals surface area contributed by atoms with E-state index in [1.165, 1.54) is 0 Å². The Morgan fingerprint density at radius 3 is 2.80 bits per heavy atom. The molecular formula is C12H16O3. The summed E-state index contributed by atoms with van der Waals surface area (Å²) in [6.45, 7) is 9.68. The fourth-order valence-electron chi connectivity index (χ4n) is 1.32. The van der Waals surface area contributed by atoms with Crippen molar-refractivity contribution in [2.45, 2.75) is 26.7 Å². The number of rotatable bonds is 4. The Kier molecular flexibility index (Phi) is 3.72. The summed E-state index contributed by atoms with van der Waals surface area (Å²) >= 11 is 0. The maximum Gasteiger partial charge on any atom is 0.341 e. The molecule has 0 fully saturated rings.